The van der Waals surface area contributed by atoms with E-state index >= 15 is 0 Å². The Morgan fingerprint density at radius 2 is 2.00 bits per heavy atom. The third kappa shape index (κ3) is 2.88. The van der Waals surface area contributed by atoms with Gasteiger partial charge in [-0.25, -0.2) is 0 Å². The van der Waals surface area contributed by atoms with Crippen LogP contribution in [0.1, 0.15) is 22.3 Å². The van der Waals surface area contributed by atoms with E-state index in [1.807, 2.05) is 17.9 Å². The lowest BCUT2D eigenvalue weighted by Crippen LogP contribution is -2.34. The summed E-state index contributed by atoms with van der Waals surface area (Å²) in [6.07, 6.45) is 0.975. The highest BCUT2D eigenvalue weighted by Gasteiger charge is 2.22. The van der Waals surface area contributed by atoms with Crippen LogP contribution in [-0.4, -0.2) is 51.2 Å². The molecule has 0 unspecified atom stereocenters. The van der Waals surface area contributed by atoms with Crippen molar-refractivity contribution >= 4 is 5.91 Å². The highest BCUT2D eigenvalue weighted by atomic mass is 16.5. The van der Waals surface area contributed by atoms with Crippen molar-refractivity contribution in [2.24, 2.45) is 0 Å². The van der Waals surface area contributed by atoms with Crippen molar-refractivity contribution < 1.29 is 14.3 Å². The summed E-state index contributed by atoms with van der Waals surface area (Å²) in [6, 6.07) is 3.60. The molecule has 1 N–H and O–H groups in total. The van der Waals surface area contributed by atoms with Crippen molar-refractivity contribution in [3.63, 3.8) is 0 Å². The van der Waals surface area contributed by atoms with Crippen LogP contribution in [-0.2, 0) is 0 Å². The Morgan fingerprint density at radius 1 is 1.20 bits per heavy atom. The first-order valence-corrected chi connectivity index (χ1v) is 6.90. The van der Waals surface area contributed by atoms with E-state index in [1.165, 1.54) is 0 Å². The number of benzene rings is 1. The molecule has 0 bridgehead atoms. The van der Waals surface area contributed by atoms with Gasteiger partial charge in [0.15, 0.2) is 0 Å². The molecule has 1 saturated heterocycles. The minimum atomic E-state index is 0.0244. The number of carbonyl (C=O) groups excluding carboxylic acids is 1. The lowest BCUT2D eigenvalue weighted by atomic mass is 10.1. The number of carbonyl (C=O) groups is 1. The number of hydrogen-bond donors (Lipinski definition) is 1. The van der Waals surface area contributed by atoms with Gasteiger partial charge in [-0.3, -0.25) is 4.79 Å². The first-order valence-electron chi connectivity index (χ1n) is 6.90. The Bertz CT molecular complexity index is 480. The summed E-state index contributed by atoms with van der Waals surface area (Å²) in [6.45, 7) is 5.21. The Balaban J connectivity index is 2.31. The van der Waals surface area contributed by atoms with E-state index in [0.717, 1.165) is 43.9 Å². The highest BCUT2D eigenvalue weighted by Crippen LogP contribution is 2.32. The van der Waals surface area contributed by atoms with E-state index in [2.05, 4.69) is 5.32 Å². The summed E-state index contributed by atoms with van der Waals surface area (Å²) in [5.41, 5.74) is 1.46. The van der Waals surface area contributed by atoms with E-state index in [1.54, 1.807) is 20.3 Å². The molecule has 0 atom stereocenters. The second-order valence-corrected chi connectivity index (χ2v) is 4.87. The smallest absolute Gasteiger partial charge is 0.257 e. The molecule has 1 amide bonds. The number of hydrogen-bond acceptors (Lipinski definition) is 4. The number of ether oxygens (including phenoxy) is 2. The van der Waals surface area contributed by atoms with Crippen molar-refractivity contribution in [2.75, 3.05) is 40.4 Å². The van der Waals surface area contributed by atoms with Gasteiger partial charge in [-0.05, 0) is 32.0 Å². The summed E-state index contributed by atoms with van der Waals surface area (Å²) in [4.78, 5) is 14.5. The Kier molecular flexibility index (Phi) is 4.84. The van der Waals surface area contributed by atoms with Crippen LogP contribution in [0.4, 0.5) is 0 Å². The van der Waals surface area contributed by atoms with E-state index < -0.39 is 0 Å². The van der Waals surface area contributed by atoms with E-state index in [-0.39, 0.29) is 5.91 Å². The lowest BCUT2D eigenvalue weighted by molar-refractivity contribution is 0.0762. The summed E-state index contributed by atoms with van der Waals surface area (Å²) in [7, 11) is 3.20. The van der Waals surface area contributed by atoms with Crippen molar-refractivity contribution in [1.82, 2.24) is 10.2 Å². The zero-order valence-corrected chi connectivity index (χ0v) is 12.4. The van der Waals surface area contributed by atoms with Gasteiger partial charge in [-0.1, -0.05) is 0 Å². The largest absolute Gasteiger partial charge is 0.496 e. The van der Waals surface area contributed by atoms with Gasteiger partial charge in [0.1, 0.15) is 11.5 Å². The molecule has 0 aromatic heterocycles. The van der Waals surface area contributed by atoms with Crippen LogP contribution in [0, 0.1) is 6.92 Å². The number of rotatable bonds is 3. The molecular formula is C15H22N2O3. The molecule has 1 aromatic carbocycles. The first-order chi connectivity index (χ1) is 9.69. The normalized spacial score (nSPS) is 15.7. The maximum absolute atomic E-state index is 12.7. The van der Waals surface area contributed by atoms with Crippen LogP contribution < -0.4 is 14.8 Å². The summed E-state index contributed by atoms with van der Waals surface area (Å²) in [5.74, 6) is 1.36. The Hall–Kier alpha value is -1.75. The molecule has 1 fully saturated rings. The topological polar surface area (TPSA) is 50.8 Å². The molecule has 0 aliphatic carbocycles. The second kappa shape index (κ2) is 6.61. The monoisotopic (exact) mass is 278 g/mol. The third-order valence-corrected chi connectivity index (χ3v) is 3.64. The summed E-state index contributed by atoms with van der Waals surface area (Å²) < 4.78 is 10.7. The van der Waals surface area contributed by atoms with Crippen molar-refractivity contribution in [1.29, 1.82) is 0 Å². The van der Waals surface area contributed by atoms with Gasteiger partial charge in [0, 0.05) is 25.2 Å². The predicted molar refractivity (Wildman–Crippen MR) is 77.7 cm³/mol. The van der Waals surface area contributed by atoms with E-state index in [9.17, 15) is 4.79 Å². The van der Waals surface area contributed by atoms with Crippen LogP contribution in [0.3, 0.4) is 0 Å². The fourth-order valence-corrected chi connectivity index (χ4v) is 2.55. The van der Waals surface area contributed by atoms with E-state index in [0.29, 0.717) is 11.3 Å². The fourth-order valence-electron chi connectivity index (χ4n) is 2.55. The third-order valence-electron chi connectivity index (χ3n) is 3.64. The predicted octanol–water partition coefficient (Wildman–Crippen LogP) is 1.45. The number of amides is 1. The van der Waals surface area contributed by atoms with Crippen LogP contribution in [0.2, 0.25) is 0 Å². The van der Waals surface area contributed by atoms with E-state index in [4.69, 9.17) is 9.47 Å². The zero-order chi connectivity index (χ0) is 14.5. The average molecular weight is 278 g/mol. The Morgan fingerprint density at radius 3 is 2.70 bits per heavy atom. The number of methoxy groups -OCH3 is 2. The number of nitrogens with one attached hydrogen (secondary N) is 1. The molecule has 110 valence electrons. The van der Waals surface area contributed by atoms with Crippen molar-refractivity contribution in [3.05, 3.63) is 23.3 Å². The fraction of sp³-hybridized carbons (Fsp3) is 0.533. The van der Waals surface area contributed by atoms with Crippen LogP contribution in [0.5, 0.6) is 11.5 Å². The Labute approximate surface area is 119 Å². The van der Waals surface area contributed by atoms with Crippen LogP contribution >= 0.6 is 0 Å². The van der Waals surface area contributed by atoms with Crippen LogP contribution in [0.25, 0.3) is 0 Å². The molecule has 5 nitrogen and oxygen atoms in total. The number of nitrogens with zero attached hydrogens (tertiary/aromatic N) is 1. The highest BCUT2D eigenvalue weighted by molar-refractivity contribution is 5.97. The lowest BCUT2D eigenvalue weighted by Gasteiger charge is -2.22. The van der Waals surface area contributed by atoms with Gasteiger partial charge in [0.25, 0.3) is 5.91 Å². The molecule has 0 spiro atoms. The molecule has 5 heteroatoms. The summed E-state index contributed by atoms with van der Waals surface area (Å²) >= 11 is 0. The van der Waals surface area contributed by atoms with Gasteiger partial charge < -0.3 is 19.7 Å². The minimum Gasteiger partial charge on any atom is -0.496 e. The standard InChI is InChI=1S/C15H22N2O3/c1-11-13(19-2)6-5-12(14(11)20-3)15(18)17-9-4-7-16-8-10-17/h5-6,16H,4,7-10H2,1-3H3. The zero-order valence-electron chi connectivity index (χ0n) is 12.4. The van der Waals surface area contributed by atoms with Crippen molar-refractivity contribution in [2.45, 2.75) is 13.3 Å². The van der Waals surface area contributed by atoms with Gasteiger partial charge in [0.05, 0.1) is 19.8 Å². The molecule has 1 aliphatic heterocycles. The first kappa shape index (κ1) is 14.7. The minimum absolute atomic E-state index is 0.0244. The summed E-state index contributed by atoms with van der Waals surface area (Å²) in [5, 5.41) is 3.30. The molecule has 0 radical (unpaired) electrons. The maximum Gasteiger partial charge on any atom is 0.257 e. The SMILES string of the molecule is COc1ccc(C(=O)N2CCCNCC2)c(OC)c1C. The van der Waals surface area contributed by atoms with Gasteiger partial charge in [-0.15, -0.1) is 0 Å². The molecule has 0 saturated carbocycles. The second-order valence-electron chi connectivity index (χ2n) is 4.87. The molecule has 1 aliphatic rings. The van der Waals surface area contributed by atoms with Gasteiger partial charge in [-0.2, -0.15) is 0 Å². The molecule has 2 rings (SSSR count). The molecule has 20 heavy (non-hydrogen) atoms. The molecular weight excluding hydrogens is 256 g/mol. The van der Waals surface area contributed by atoms with Crippen LogP contribution in [0.15, 0.2) is 12.1 Å². The van der Waals surface area contributed by atoms with Crippen molar-refractivity contribution in [3.8, 4) is 11.5 Å². The quantitative estimate of drug-likeness (QED) is 0.909. The van der Waals surface area contributed by atoms with Gasteiger partial charge >= 0.3 is 0 Å². The van der Waals surface area contributed by atoms with Gasteiger partial charge in [0.2, 0.25) is 0 Å². The average Bonchev–Trinajstić information content (AvgIpc) is 2.75. The molecule has 1 heterocycles. The maximum atomic E-state index is 12.7. The molecule has 1 aromatic rings.